The summed E-state index contributed by atoms with van der Waals surface area (Å²) in [6.45, 7) is 3.57. The lowest BCUT2D eigenvalue weighted by Gasteiger charge is -2.25. The highest BCUT2D eigenvalue weighted by Crippen LogP contribution is 2.12. The van der Waals surface area contributed by atoms with Crippen molar-refractivity contribution in [2.45, 2.75) is 70.1 Å². The second-order valence-electron chi connectivity index (χ2n) is 9.30. The van der Waals surface area contributed by atoms with E-state index in [2.05, 4.69) is 16.0 Å². The van der Waals surface area contributed by atoms with Crippen LogP contribution in [0, 0.1) is 5.92 Å². The number of hydrogen-bond donors (Lipinski definition) is 8. The first-order chi connectivity index (χ1) is 17.7. The van der Waals surface area contributed by atoms with E-state index in [1.54, 1.807) is 13.8 Å². The summed E-state index contributed by atoms with van der Waals surface area (Å²) in [5, 5.41) is 26.1. The smallest absolute Gasteiger partial charge is 0.326 e. The van der Waals surface area contributed by atoms with Crippen LogP contribution in [0.1, 0.15) is 45.1 Å². The molecule has 0 heterocycles. The molecule has 0 aliphatic carbocycles. The van der Waals surface area contributed by atoms with Crippen LogP contribution >= 0.6 is 0 Å². The van der Waals surface area contributed by atoms with E-state index in [0.717, 1.165) is 0 Å². The van der Waals surface area contributed by atoms with E-state index in [-0.39, 0.29) is 37.4 Å². The number of benzene rings is 1. The monoisotopic (exact) mass is 536 g/mol. The minimum atomic E-state index is -1.53. The van der Waals surface area contributed by atoms with E-state index < -0.39 is 66.1 Å². The Kier molecular flexibility index (Phi) is 12.7. The van der Waals surface area contributed by atoms with Crippen LogP contribution in [0.3, 0.4) is 0 Å². The molecule has 0 spiro atoms. The summed E-state index contributed by atoms with van der Waals surface area (Å²) < 4.78 is 0. The van der Waals surface area contributed by atoms with E-state index in [4.69, 9.17) is 17.2 Å². The fraction of sp³-hybridized carbons (Fsp3) is 0.500. The molecule has 1 rings (SSSR count). The van der Waals surface area contributed by atoms with Crippen molar-refractivity contribution in [2.24, 2.45) is 23.1 Å². The molecule has 11 N–H and O–H groups in total. The fourth-order valence-electron chi connectivity index (χ4n) is 3.43. The molecule has 0 radical (unpaired) electrons. The molecule has 38 heavy (non-hydrogen) atoms. The number of nitrogens with two attached hydrogens (primary N) is 3. The summed E-state index contributed by atoms with van der Waals surface area (Å²) in [5.41, 5.74) is 16.6. The summed E-state index contributed by atoms with van der Waals surface area (Å²) >= 11 is 0. The van der Waals surface area contributed by atoms with Crippen molar-refractivity contribution in [2.75, 3.05) is 0 Å². The minimum absolute atomic E-state index is 0.0224. The van der Waals surface area contributed by atoms with Crippen LogP contribution in [0.25, 0.3) is 0 Å². The van der Waals surface area contributed by atoms with E-state index in [1.165, 1.54) is 24.3 Å². The lowest BCUT2D eigenvalue weighted by atomic mass is 10.0. The van der Waals surface area contributed by atoms with Gasteiger partial charge in [0.2, 0.25) is 29.5 Å². The van der Waals surface area contributed by atoms with Gasteiger partial charge in [0.05, 0.1) is 12.5 Å². The van der Waals surface area contributed by atoms with Gasteiger partial charge in [0, 0.05) is 12.8 Å². The third-order valence-corrected chi connectivity index (χ3v) is 5.41. The van der Waals surface area contributed by atoms with Crippen molar-refractivity contribution in [3.8, 4) is 5.75 Å². The molecule has 0 aliphatic rings. The van der Waals surface area contributed by atoms with Crippen molar-refractivity contribution in [3.63, 3.8) is 0 Å². The number of phenols is 1. The predicted molar refractivity (Wildman–Crippen MR) is 135 cm³/mol. The van der Waals surface area contributed by atoms with E-state index in [1.807, 2.05) is 0 Å². The van der Waals surface area contributed by atoms with Crippen molar-refractivity contribution in [1.82, 2.24) is 16.0 Å². The highest BCUT2D eigenvalue weighted by Gasteiger charge is 2.31. The van der Waals surface area contributed by atoms with Crippen LogP contribution in [0.5, 0.6) is 5.75 Å². The van der Waals surface area contributed by atoms with Gasteiger partial charge in [-0.05, 0) is 36.5 Å². The number of nitrogens with one attached hydrogen (secondary N) is 3. The van der Waals surface area contributed by atoms with Crippen molar-refractivity contribution >= 4 is 35.5 Å². The molecular weight excluding hydrogens is 500 g/mol. The molecule has 0 saturated carbocycles. The molecule has 5 amide bonds. The molecule has 0 bridgehead atoms. The number of carboxylic acids is 1. The van der Waals surface area contributed by atoms with Gasteiger partial charge in [-0.15, -0.1) is 0 Å². The molecule has 4 atom stereocenters. The van der Waals surface area contributed by atoms with Gasteiger partial charge >= 0.3 is 5.97 Å². The van der Waals surface area contributed by atoms with Gasteiger partial charge in [-0.25, -0.2) is 4.79 Å². The Hall–Kier alpha value is -4.20. The third kappa shape index (κ3) is 11.7. The van der Waals surface area contributed by atoms with Gasteiger partial charge in [0.15, 0.2) is 0 Å². The van der Waals surface area contributed by atoms with Crippen LogP contribution in [-0.4, -0.2) is 69.9 Å². The highest BCUT2D eigenvalue weighted by molar-refractivity contribution is 5.96. The number of primary amides is 2. The van der Waals surface area contributed by atoms with E-state index in [0.29, 0.717) is 5.56 Å². The number of carboxylic acid groups (broad SMARTS) is 1. The van der Waals surface area contributed by atoms with Crippen molar-refractivity contribution in [1.29, 1.82) is 0 Å². The number of aliphatic carboxylic acids is 1. The van der Waals surface area contributed by atoms with Gasteiger partial charge in [-0.2, -0.15) is 0 Å². The number of carbonyl (C=O) groups is 6. The molecular formula is C24H36N6O8. The topological polar surface area (TPSA) is 257 Å². The third-order valence-electron chi connectivity index (χ3n) is 5.41. The fourth-order valence-corrected chi connectivity index (χ4v) is 3.43. The Morgan fingerprint density at radius 3 is 1.84 bits per heavy atom. The lowest BCUT2D eigenvalue weighted by molar-refractivity contribution is -0.142. The normalized spacial score (nSPS) is 14.0. The maximum atomic E-state index is 13.0. The molecule has 0 saturated heterocycles. The number of carbonyl (C=O) groups excluding carboxylic acids is 5. The predicted octanol–water partition coefficient (Wildman–Crippen LogP) is -2.01. The SMILES string of the molecule is CC(C)CC(NC(=O)C(N)CCC(N)=O)C(=O)NC(CC(N)=O)C(=O)NC(Cc1ccc(O)cc1)C(=O)O. The zero-order valence-corrected chi connectivity index (χ0v) is 21.3. The molecule has 1 aromatic carbocycles. The number of hydrogen-bond acceptors (Lipinski definition) is 8. The maximum Gasteiger partial charge on any atom is 0.326 e. The van der Waals surface area contributed by atoms with Gasteiger partial charge in [-0.3, -0.25) is 24.0 Å². The summed E-state index contributed by atoms with van der Waals surface area (Å²) in [5.74, 6) is -5.57. The standard InChI is InChI=1S/C24H36N6O8/c1-12(2)9-16(28-21(34)15(25)7-8-19(26)32)22(35)29-17(11-20(27)33)23(36)30-18(24(37)38)10-13-3-5-14(31)6-4-13/h3-6,12,15-18,31H,7-11,25H2,1-2H3,(H2,26,32)(H2,27,33)(H,28,34)(H,29,35)(H,30,36)(H,37,38). The minimum Gasteiger partial charge on any atom is -0.508 e. The number of amides is 5. The molecule has 14 heteroatoms. The molecule has 0 fully saturated rings. The van der Waals surface area contributed by atoms with Gasteiger partial charge in [0.1, 0.15) is 23.9 Å². The molecule has 1 aromatic rings. The maximum absolute atomic E-state index is 13.0. The summed E-state index contributed by atoms with van der Waals surface area (Å²) in [7, 11) is 0. The molecule has 14 nitrogen and oxygen atoms in total. The second kappa shape index (κ2) is 15.1. The Bertz CT molecular complexity index is 1010. The molecule has 0 aliphatic heterocycles. The zero-order valence-electron chi connectivity index (χ0n) is 21.3. The zero-order chi connectivity index (χ0) is 29.0. The molecule has 210 valence electrons. The van der Waals surface area contributed by atoms with Crippen LogP contribution in [-0.2, 0) is 35.2 Å². The first kappa shape index (κ1) is 31.8. The van der Waals surface area contributed by atoms with Crippen molar-refractivity contribution < 1.29 is 39.0 Å². The average Bonchev–Trinajstić information content (AvgIpc) is 2.81. The molecule has 4 unspecified atom stereocenters. The van der Waals surface area contributed by atoms with Crippen LogP contribution in [0.2, 0.25) is 0 Å². The number of rotatable bonds is 16. The highest BCUT2D eigenvalue weighted by atomic mass is 16.4. The Morgan fingerprint density at radius 2 is 1.34 bits per heavy atom. The van der Waals surface area contributed by atoms with Crippen molar-refractivity contribution in [3.05, 3.63) is 29.8 Å². The van der Waals surface area contributed by atoms with Gasteiger partial charge < -0.3 is 43.4 Å². The van der Waals surface area contributed by atoms with E-state index in [9.17, 15) is 39.0 Å². The van der Waals surface area contributed by atoms with Crippen LogP contribution in [0.4, 0.5) is 0 Å². The van der Waals surface area contributed by atoms with E-state index >= 15 is 0 Å². The summed E-state index contributed by atoms with van der Waals surface area (Å²) in [6, 6.07) is 0.444. The Morgan fingerprint density at radius 1 is 0.816 bits per heavy atom. The van der Waals surface area contributed by atoms with Gasteiger partial charge in [-0.1, -0.05) is 26.0 Å². The first-order valence-electron chi connectivity index (χ1n) is 11.9. The number of aromatic hydroxyl groups is 1. The summed E-state index contributed by atoms with van der Waals surface area (Å²) in [4.78, 5) is 72.7. The summed E-state index contributed by atoms with van der Waals surface area (Å²) in [6.07, 6.45) is -0.812. The average molecular weight is 537 g/mol. The Balaban J connectivity index is 3.01. The van der Waals surface area contributed by atoms with Gasteiger partial charge in [0.25, 0.3) is 0 Å². The quantitative estimate of drug-likeness (QED) is 0.116. The first-order valence-corrected chi connectivity index (χ1v) is 11.9. The lowest BCUT2D eigenvalue weighted by Crippen LogP contribution is -2.58. The number of phenolic OH excluding ortho intramolecular Hbond substituents is 1. The largest absolute Gasteiger partial charge is 0.508 e. The molecule has 0 aromatic heterocycles. The Labute approximate surface area is 219 Å². The van der Waals surface area contributed by atoms with Crippen LogP contribution in [0.15, 0.2) is 24.3 Å². The van der Waals surface area contributed by atoms with Crippen LogP contribution < -0.4 is 33.2 Å². The second-order valence-corrected chi connectivity index (χ2v) is 9.30.